The third-order valence-electron chi connectivity index (χ3n) is 0.813. The molecule has 0 saturated heterocycles. The second kappa shape index (κ2) is 10.8. The van der Waals surface area contributed by atoms with E-state index in [-0.39, 0.29) is 20.0 Å². The van der Waals surface area contributed by atoms with E-state index in [0.717, 1.165) is 5.69 Å². The normalized spacial score (nSPS) is 7.55. The van der Waals surface area contributed by atoms with Crippen LogP contribution in [0.4, 0.5) is 0 Å². The van der Waals surface area contributed by atoms with E-state index in [2.05, 4.69) is 24.3 Å². The molecule has 11 heavy (non-hydrogen) atoms. The topological polar surface area (TPSA) is 47.9 Å². The average Bonchev–Trinajstić information content (AvgIpc) is 1.91. The Morgan fingerprint density at radius 2 is 2.09 bits per heavy atom. The van der Waals surface area contributed by atoms with E-state index in [9.17, 15) is 0 Å². The number of aromatic nitrogens is 1. The Morgan fingerprint density at radius 1 is 1.55 bits per heavy atom. The standard InChI is InChI=1S/C6H7N.ClH.HI.H3N.Pt/c1-6-4-2-3-5-7-6;;;;/h2-5H,1H3;2*1H;1H3;/q;;;;+2/p-2. The van der Waals surface area contributed by atoms with E-state index in [1.807, 2.05) is 25.1 Å². The van der Waals surface area contributed by atoms with Crippen molar-refractivity contribution in [1.29, 1.82) is 0 Å². The molecule has 1 heterocycles. The van der Waals surface area contributed by atoms with Crippen molar-refractivity contribution in [2.45, 2.75) is 6.92 Å². The Hall–Kier alpha value is 0.818. The van der Waals surface area contributed by atoms with Crippen LogP contribution < -0.4 is 6.15 Å². The third-order valence-corrected chi connectivity index (χ3v) is 0.813. The Morgan fingerprint density at radius 3 is 2.27 bits per heavy atom. The van der Waals surface area contributed by atoms with Gasteiger partial charge in [0.05, 0.1) is 0 Å². The van der Waals surface area contributed by atoms with E-state index in [0.29, 0.717) is 0 Å². The van der Waals surface area contributed by atoms with Gasteiger partial charge in [-0.1, -0.05) is 6.07 Å². The van der Waals surface area contributed by atoms with Crippen LogP contribution in [0.25, 0.3) is 0 Å². The SMILES string of the molecule is Cc1ccccn1.N.[Cl][Pt][I]. The third kappa shape index (κ3) is 10.8. The van der Waals surface area contributed by atoms with Gasteiger partial charge in [0.25, 0.3) is 0 Å². The van der Waals surface area contributed by atoms with Crippen molar-refractivity contribution in [3.05, 3.63) is 30.1 Å². The summed E-state index contributed by atoms with van der Waals surface area (Å²) < 4.78 is 0. The molecule has 1 rings (SSSR count). The molecule has 0 amide bonds. The van der Waals surface area contributed by atoms with Crippen LogP contribution in [0.3, 0.4) is 0 Å². The summed E-state index contributed by atoms with van der Waals surface area (Å²) in [5.41, 5.74) is 1.07. The molecule has 0 bridgehead atoms. The van der Waals surface area contributed by atoms with Crippen LogP contribution in [0, 0.1) is 6.92 Å². The Bertz CT molecular complexity index is 162. The first kappa shape index (κ1) is 14.3. The molecule has 0 fully saturated rings. The van der Waals surface area contributed by atoms with Crippen LogP contribution in [-0.2, 0) is 13.8 Å². The maximum atomic E-state index is 5.10. The molecule has 1 aromatic rings. The van der Waals surface area contributed by atoms with Gasteiger partial charge in [-0.3, -0.25) is 4.98 Å². The van der Waals surface area contributed by atoms with Gasteiger partial charge in [-0.15, -0.1) is 0 Å². The second-order valence-corrected chi connectivity index (χ2v) is 8.91. The molecule has 0 aliphatic carbocycles. The number of hydrogen-bond donors (Lipinski definition) is 1. The number of rotatable bonds is 0. The van der Waals surface area contributed by atoms with Gasteiger partial charge in [-0.25, -0.2) is 0 Å². The van der Waals surface area contributed by atoms with Crippen molar-refractivity contribution in [3.63, 3.8) is 0 Å². The van der Waals surface area contributed by atoms with Crippen LogP contribution >= 0.6 is 28.8 Å². The van der Waals surface area contributed by atoms with Gasteiger partial charge in [0, 0.05) is 11.9 Å². The predicted octanol–water partition coefficient (Wildman–Crippen LogP) is 3.12. The summed E-state index contributed by atoms with van der Waals surface area (Å²) in [6.07, 6.45) is 1.79. The number of hydrogen-bond acceptors (Lipinski definition) is 2. The van der Waals surface area contributed by atoms with Gasteiger partial charge < -0.3 is 6.15 Å². The first-order valence-electron chi connectivity index (χ1n) is 2.51. The Labute approximate surface area is 90.0 Å². The number of pyridine rings is 1. The van der Waals surface area contributed by atoms with Crippen molar-refractivity contribution in [3.8, 4) is 0 Å². The molecule has 0 atom stereocenters. The van der Waals surface area contributed by atoms with Crippen molar-refractivity contribution in [2.24, 2.45) is 0 Å². The van der Waals surface area contributed by atoms with E-state index in [1.165, 1.54) is 0 Å². The van der Waals surface area contributed by atoms with Crippen molar-refractivity contribution >= 4 is 28.8 Å². The molecule has 1 aromatic heterocycles. The summed E-state index contributed by atoms with van der Waals surface area (Å²) in [6, 6.07) is 5.86. The van der Waals surface area contributed by atoms with E-state index >= 15 is 0 Å². The number of nitrogens with zero attached hydrogens (tertiary/aromatic N) is 1. The second-order valence-electron chi connectivity index (χ2n) is 1.52. The first-order valence-corrected chi connectivity index (χ1v) is 11.8. The molecule has 0 unspecified atom stereocenters. The van der Waals surface area contributed by atoms with E-state index in [4.69, 9.17) is 9.42 Å². The molecule has 2 nitrogen and oxygen atoms in total. The fourth-order valence-corrected chi connectivity index (χ4v) is 0.448. The first-order chi connectivity index (χ1) is 4.81. The maximum absolute atomic E-state index is 5.10. The van der Waals surface area contributed by atoms with Gasteiger partial charge in [0.1, 0.15) is 0 Å². The minimum atomic E-state index is 0. The van der Waals surface area contributed by atoms with Crippen LogP contribution in [0.1, 0.15) is 5.69 Å². The molecule has 0 aliphatic heterocycles. The minimum absolute atomic E-state index is 0. The van der Waals surface area contributed by atoms with Crippen LogP contribution in [0.15, 0.2) is 24.4 Å². The molecule has 68 valence electrons. The van der Waals surface area contributed by atoms with Gasteiger partial charge >= 0.3 is 42.6 Å². The summed E-state index contributed by atoms with van der Waals surface area (Å²) in [7, 11) is 5.10. The van der Waals surface area contributed by atoms with E-state index in [1.54, 1.807) is 6.20 Å². The van der Waals surface area contributed by atoms with Crippen molar-refractivity contribution in [1.82, 2.24) is 11.1 Å². The molecule has 0 aromatic carbocycles. The zero-order chi connectivity index (χ0) is 7.82. The van der Waals surface area contributed by atoms with E-state index < -0.39 is 0 Å². The molecule has 0 aliphatic rings. The molecule has 0 saturated carbocycles. The van der Waals surface area contributed by atoms with Gasteiger partial charge in [0.15, 0.2) is 0 Å². The Balaban J connectivity index is 0. The summed E-state index contributed by atoms with van der Waals surface area (Å²) in [6.45, 7) is 1.97. The summed E-state index contributed by atoms with van der Waals surface area (Å²) in [4.78, 5) is 3.98. The van der Waals surface area contributed by atoms with Crippen LogP contribution in [0.5, 0.6) is 0 Å². The summed E-state index contributed by atoms with van der Waals surface area (Å²) in [5.74, 6) is 0. The molecule has 3 N–H and O–H groups in total. The van der Waals surface area contributed by atoms with Gasteiger partial charge in [0.2, 0.25) is 0 Å². The zero-order valence-electron chi connectivity index (χ0n) is 6.04. The molecule has 0 radical (unpaired) electrons. The quantitative estimate of drug-likeness (QED) is 0.596. The van der Waals surface area contributed by atoms with Crippen LogP contribution in [-0.4, -0.2) is 4.98 Å². The zero-order valence-corrected chi connectivity index (χ0v) is 11.2. The van der Waals surface area contributed by atoms with Gasteiger partial charge in [-0.05, 0) is 19.1 Å². The van der Waals surface area contributed by atoms with Crippen LogP contribution in [0.2, 0.25) is 0 Å². The average molecular weight is 468 g/mol. The number of aryl methyl sites for hydroxylation is 1. The molecular weight excluding hydrogens is 458 g/mol. The van der Waals surface area contributed by atoms with Crippen molar-refractivity contribution in [2.75, 3.05) is 0 Å². The summed E-state index contributed by atoms with van der Waals surface area (Å²) >= 11 is 2.19. The monoisotopic (exact) mass is 467 g/mol. The molecular formula is C6H10ClIN2Pt. The van der Waals surface area contributed by atoms with Crippen molar-refractivity contribution < 1.29 is 13.8 Å². The number of halogens is 2. The fraction of sp³-hybridized carbons (Fsp3) is 0.167. The molecule has 0 spiro atoms. The van der Waals surface area contributed by atoms with Gasteiger partial charge in [-0.2, -0.15) is 0 Å². The summed E-state index contributed by atoms with van der Waals surface area (Å²) in [5, 5.41) is 0. The fourth-order valence-electron chi connectivity index (χ4n) is 0.448. The predicted molar refractivity (Wildman–Crippen MR) is 53.9 cm³/mol. The molecule has 5 heteroatoms. The Kier molecular flexibility index (Phi) is 14.1.